The second kappa shape index (κ2) is 5.11. The van der Waals surface area contributed by atoms with Crippen LogP contribution in [0.5, 0.6) is 0 Å². The summed E-state index contributed by atoms with van der Waals surface area (Å²) < 4.78 is 13.5. The average Bonchev–Trinajstić information content (AvgIpc) is 2.18. The fraction of sp³-hybridized carbons (Fsp3) is 0.300. The van der Waals surface area contributed by atoms with E-state index in [1.807, 2.05) is 0 Å². The molecule has 5 heteroatoms. The summed E-state index contributed by atoms with van der Waals surface area (Å²) in [6, 6.07) is 3.39. The van der Waals surface area contributed by atoms with Crippen molar-refractivity contribution < 1.29 is 14.3 Å². The van der Waals surface area contributed by atoms with Crippen LogP contribution in [0.1, 0.15) is 13.3 Å². The normalized spacial score (nSPS) is 12.2. The topological polar surface area (TPSA) is 49.3 Å². The smallest absolute Gasteiger partial charge is 0.326 e. The van der Waals surface area contributed by atoms with E-state index in [0.717, 1.165) is 0 Å². The Morgan fingerprint density at radius 1 is 1.67 bits per heavy atom. The van der Waals surface area contributed by atoms with Gasteiger partial charge in [0.25, 0.3) is 0 Å². The minimum absolute atomic E-state index is 0.402. The standard InChI is InChI=1S/C10H11BrFNO2/c1-2-8(10(14)15)13-9-5-6(12)3-4-7(9)11/h3-5,8,13H,2H2,1H3,(H,14,15). The molecule has 0 aliphatic carbocycles. The summed E-state index contributed by atoms with van der Waals surface area (Å²) in [5, 5.41) is 11.6. The van der Waals surface area contributed by atoms with E-state index < -0.39 is 17.8 Å². The van der Waals surface area contributed by atoms with Gasteiger partial charge >= 0.3 is 5.97 Å². The molecule has 2 N–H and O–H groups in total. The maximum atomic E-state index is 12.9. The van der Waals surface area contributed by atoms with E-state index in [4.69, 9.17) is 5.11 Å². The van der Waals surface area contributed by atoms with Crippen molar-refractivity contribution in [2.75, 3.05) is 5.32 Å². The molecule has 0 aliphatic rings. The number of halogens is 2. The van der Waals surface area contributed by atoms with Crippen LogP contribution in [0.15, 0.2) is 22.7 Å². The molecule has 0 heterocycles. The highest BCUT2D eigenvalue weighted by Crippen LogP contribution is 2.24. The van der Waals surface area contributed by atoms with Gasteiger partial charge < -0.3 is 10.4 Å². The van der Waals surface area contributed by atoms with Crippen LogP contribution in [0.25, 0.3) is 0 Å². The molecule has 1 aromatic carbocycles. The van der Waals surface area contributed by atoms with E-state index in [1.165, 1.54) is 18.2 Å². The average molecular weight is 276 g/mol. The first kappa shape index (κ1) is 12.0. The quantitative estimate of drug-likeness (QED) is 0.889. The molecule has 1 unspecified atom stereocenters. The molecule has 0 aromatic heterocycles. The zero-order valence-electron chi connectivity index (χ0n) is 8.13. The molecule has 15 heavy (non-hydrogen) atoms. The van der Waals surface area contributed by atoms with Gasteiger partial charge in [0.15, 0.2) is 0 Å². The summed E-state index contributed by atoms with van der Waals surface area (Å²) in [6.45, 7) is 1.75. The maximum absolute atomic E-state index is 12.9. The first-order valence-electron chi connectivity index (χ1n) is 4.49. The molecule has 1 atom stereocenters. The van der Waals surface area contributed by atoms with E-state index in [2.05, 4.69) is 21.2 Å². The van der Waals surface area contributed by atoms with Gasteiger partial charge in [-0.3, -0.25) is 0 Å². The third-order valence-corrected chi connectivity index (χ3v) is 2.66. The Hall–Kier alpha value is -1.10. The van der Waals surface area contributed by atoms with Crippen molar-refractivity contribution in [3.8, 4) is 0 Å². The Bertz CT molecular complexity index is 370. The van der Waals surface area contributed by atoms with Crippen molar-refractivity contribution in [1.29, 1.82) is 0 Å². The Balaban J connectivity index is 2.87. The highest BCUT2D eigenvalue weighted by atomic mass is 79.9. The number of hydrogen-bond donors (Lipinski definition) is 2. The van der Waals surface area contributed by atoms with E-state index in [1.54, 1.807) is 6.92 Å². The Morgan fingerprint density at radius 2 is 2.33 bits per heavy atom. The van der Waals surface area contributed by atoms with Crippen molar-refractivity contribution >= 4 is 27.6 Å². The van der Waals surface area contributed by atoms with Crippen molar-refractivity contribution in [3.63, 3.8) is 0 Å². The molecule has 0 aliphatic heterocycles. The molecular formula is C10H11BrFNO2. The van der Waals surface area contributed by atoms with Crippen molar-refractivity contribution in [2.24, 2.45) is 0 Å². The molecule has 0 bridgehead atoms. The molecule has 0 fully saturated rings. The summed E-state index contributed by atoms with van der Waals surface area (Å²) in [7, 11) is 0. The largest absolute Gasteiger partial charge is 0.480 e. The van der Waals surface area contributed by atoms with Gasteiger partial charge in [-0.05, 0) is 40.5 Å². The number of anilines is 1. The Kier molecular flexibility index (Phi) is 4.08. The third kappa shape index (κ3) is 3.20. The summed E-state index contributed by atoms with van der Waals surface area (Å²) >= 11 is 3.22. The van der Waals surface area contributed by atoms with Crippen molar-refractivity contribution in [3.05, 3.63) is 28.5 Å². The lowest BCUT2D eigenvalue weighted by Crippen LogP contribution is -2.28. The number of nitrogens with one attached hydrogen (secondary N) is 1. The van der Waals surface area contributed by atoms with Gasteiger partial charge in [0.2, 0.25) is 0 Å². The van der Waals surface area contributed by atoms with Gasteiger partial charge in [-0.2, -0.15) is 0 Å². The van der Waals surface area contributed by atoms with Crippen molar-refractivity contribution in [2.45, 2.75) is 19.4 Å². The number of carboxylic acids is 1. The minimum atomic E-state index is -0.950. The van der Waals surface area contributed by atoms with Crippen LogP contribution in [0.4, 0.5) is 10.1 Å². The SMILES string of the molecule is CCC(Nc1cc(F)ccc1Br)C(=O)O. The first-order valence-corrected chi connectivity index (χ1v) is 5.28. The van der Waals surface area contributed by atoms with Gasteiger partial charge in [-0.15, -0.1) is 0 Å². The Morgan fingerprint density at radius 3 is 2.87 bits per heavy atom. The van der Waals surface area contributed by atoms with Crippen LogP contribution >= 0.6 is 15.9 Å². The minimum Gasteiger partial charge on any atom is -0.480 e. The lowest BCUT2D eigenvalue weighted by atomic mass is 10.2. The lowest BCUT2D eigenvalue weighted by molar-refractivity contribution is -0.137. The van der Waals surface area contributed by atoms with Crippen LogP contribution in [-0.2, 0) is 4.79 Å². The number of hydrogen-bond acceptors (Lipinski definition) is 2. The van der Waals surface area contributed by atoms with Gasteiger partial charge in [0.1, 0.15) is 11.9 Å². The van der Waals surface area contributed by atoms with Gasteiger partial charge in [-0.25, -0.2) is 9.18 Å². The molecule has 0 spiro atoms. The van der Waals surface area contributed by atoms with E-state index in [9.17, 15) is 9.18 Å². The number of carbonyl (C=O) groups is 1. The summed E-state index contributed by atoms with van der Waals surface area (Å²) in [4.78, 5) is 10.8. The number of rotatable bonds is 4. The van der Waals surface area contributed by atoms with Gasteiger partial charge in [0, 0.05) is 4.47 Å². The zero-order chi connectivity index (χ0) is 11.4. The predicted molar refractivity (Wildman–Crippen MR) is 59.4 cm³/mol. The Labute approximate surface area is 95.4 Å². The van der Waals surface area contributed by atoms with Crippen molar-refractivity contribution in [1.82, 2.24) is 0 Å². The number of benzene rings is 1. The second-order valence-corrected chi connectivity index (χ2v) is 3.92. The molecule has 3 nitrogen and oxygen atoms in total. The zero-order valence-corrected chi connectivity index (χ0v) is 9.71. The molecule has 1 rings (SSSR count). The molecule has 0 amide bonds. The molecular weight excluding hydrogens is 265 g/mol. The van der Waals surface area contributed by atoms with E-state index in [-0.39, 0.29) is 0 Å². The van der Waals surface area contributed by atoms with Gasteiger partial charge in [-0.1, -0.05) is 6.92 Å². The van der Waals surface area contributed by atoms with Crippen LogP contribution in [-0.4, -0.2) is 17.1 Å². The van der Waals surface area contributed by atoms with Crippen LogP contribution in [0.2, 0.25) is 0 Å². The monoisotopic (exact) mass is 275 g/mol. The van der Waals surface area contributed by atoms with E-state index in [0.29, 0.717) is 16.6 Å². The van der Waals surface area contributed by atoms with Crippen LogP contribution in [0.3, 0.4) is 0 Å². The lowest BCUT2D eigenvalue weighted by Gasteiger charge is -2.14. The van der Waals surface area contributed by atoms with Gasteiger partial charge in [0.05, 0.1) is 5.69 Å². The highest BCUT2D eigenvalue weighted by molar-refractivity contribution is 9.10. The molecule has 0 radical (unpaired) electrons. The molecule has 82 valence electrons. The highest BCUT2D eigenvalue weighted by Gasteiger charge is 2.15. The maximum Gasteiger partial charge on any atom is 0.326 e. The summed E-state index contributed by atoms with van der Waals surface area (Å²) in [5.41, 5.74) is 0.448. The summed E-state index contributed by atoms with van der Waals surface area (Å²) in [6.07, 6.45) is 0.429. The summed E-state index contributed by atoms with van der Waals surface area (Å²) in [5.74, 6) is -1.35. The first-order chi connectivity index (χ1) is 7.04. The predicted octanol–water partition coefficient (Wildman–Crippen LogP) is 2.86. The third-order valence-electron chi connectivity index (χ3n) is 1.96. The molecule has 1 aromatic rings. The molecule has 0 saturated heterocycles. The number of aliphatic carboxylic acids is 1. The second-order valence-electron chi connectivity index (χ2n) is 3.07. The van der Waals surface area contributed by atoms with E-state index >= 15 is 0 Å². The fourth-order valence-electron chi connectivity index (χ4n) is 1.13. The molecule has 0 saturated carbocycles. The number of carboxylic acid groups (broad SMARTS) is 1. The fourth-order valence-corrected chi connectivity index (χ4v) is 1.50. The van der Waals surface area contributed by atoms with Crippen LogP contribution < -0.4 is 5.32 Å². The van der Waals surface area contributed by atoms with Crippen LogP contribution in [0, 0.1) is 5.82 Å².